The summed E-state index contributed by atoms with van der Waals surface area (Å²) in [4.78, 5) is 0.301. The number of hydrogen-bond donors (Lipinski definition) is 2. The van der Waals surface area contributed by atoms with E-state index in [9.17, 15) is 4.39 Å². The summed E-state index contributed by atoms with van der Waals surface area (Å²) in [5.74, 6) is -0.310. The number of thiocarbonyl (C=S) groups is 1. The Morgan fingerprint density at radius 2 is 1.95 bits per heavy atom. The third-order valence-corrected chi connectivity index (χ3v) is 3.55. The highest BCUT2D eigenvalue weighted by molar-refractivity contribution is 9.10. The second-order valence-electron chi connectivity index (χ2n) is 4.16. The van der Waals surface area contributed by atoms with Crippen molar-refractivity contribution in [1.82, 2.24) is 0 Å². The fourth-order valence-electron chi connectivity index (χ4n) is 1.71. The van der Waals surface area contributed by atoms with Crippen molar-refractivity contribution in [2.75, 3.05) is 5.32 Å². The van der Waals surface area contributed by atoms with Gasteiger partial charge in [0.05, 0.1) is 5.69 Å². The number of aryl methyl sites for hydroxylation is 1. The second kappa shape index (κ2) is 5.67. The molecule has 2 aromatic rings. The Hall–Kier alpha value is -1.46. The van der Waals surface area contributed by atoms with E-state index in [4.69, 9.17) is 18.0 Å². The lowest BCUT2D eigenvalue weighted by Gasteiger charge is -2.13. The van der Waals surface area contributed by atoms with Gasteiger partial charge in [-0.1, -0.05) is 18.3 Å². The molecule has 0 aliphatic rings. The van der Waals surface area contributed by atoms with Crippen molar-refractivity contribution in [3.8, 4) is 0 Å². The van der Waals surface area contributed by atoms with E-state index in [1.165, 1.54) is 12.1 Å². The smallest absolute Gasteiger partial charge is 0.125 e. The van der Waals surface area contributed by atoms with Gasteiger partial charge in [-0.3, -0.25) is 0 Å². The zero-order valence-electron chi connectivity index (χ0n) is 10.2. The van der Waals surface area contributed by atoms with Crippen LogP contribution in [0.3, 0.4) is 0 Å². The third kappa shape index (κ3) is 3.30. The van der Waals surface area contributed by atoms with Crippen LogP contribution in [0.4, 0.5) is 15.8 Å². The van der Waals surface area contributed by atoms with Gasteiger partial charge in [0, 0.05) is 15.7 Å². The number of hydrogen-bond acceptors (Lipinski definition) is 2. The summed E-state index contributed by atoms with van der Waals surface area (Å²) < 4.78 is 14.0. The Morgan fingerprint density at radius 3 is 2.63 bits per heavy atom. The van der Waals surface area contributed by atoms with Gasteiger partial charge in [0.25, 0.3) is 0 Å². The van der Waals surface area contributed by atoms with Crippen LogP contribution in [0, 0.1) is 12.7 Å². The summed E-state index contributed by atoms with van der Waals surface area (Å²) in [5.41, 5.74) is 8.88. The molecule has 2 nitrogen and oxygen atoms in total. The maximum atomic E-state index is 13.3. The first kappa shape index (κ1) is 14.0. The van der Waals surface area contributed by atoms with Crippen LogP contribution in [-0.4, -0.2) is 4.99 Å². The molecule has 98 valence electrons. The number of halogens is 2. The van der Waals surface area contributed by atoms with Crippen molar-refractivity contribution in [3.05, 3.63) is 57.8 Å². The van der Waals surface area contributed by atoms with E-state index in [0.717, 1.165) is 21.3 Å². The van der Waals surface area contributed by atoms with Crippen LogP contribution < -0.4 is 11.1 Å². The van der Waals surface area contributed by atoms with Crippen LogP contribution in [0.5, 0.6) is 0 Å². The maximum absolute atomic E-state index is 13.3. The fraction of sp³-hybridized carbons (Fsp3) is 0.0714. The summed E-state index contributed by atoms with van der Waals surface area (Å²) >= 11 is 8.39. The first-order chi connectivity index (χ1) is 8.97. The van der Waals surface area contributed by atoms with Gasteiger partial charge in [-0.15, -0.1) is 0 Å². The van der Waals surface area contributed by atoms with Gasteiger partial charge < -0.3 is 11.1 Å². The minimum absolute atomic E-state index is 0.301. The summed E-state index contributed by atoms with van der Waals surface area (Å²) in [5, 5.41) is 3.15. The first-order valence-corrected chi connectivity index (χ1v) is 6.80. The van der Waals surface area contributed by atoms with E-state index in [-0.39, 0.29) is 5.82 Å². The predicted molar refractivity (Wildman–Crippen MR) is 84.4 cm³/mol. The molecule has 0 bridgehead atoms. The molecule has 0 saturated carbocycles. The Kier molecular flexibility index (Phi) is 4.17. The van der Waals surface area contributed by atoms with Crippen molar-refractivity contribution in [2.24, 2.45) is 5.73 Å². The van der Waals surface area contributed by atoms with Gasteiger partial charge in [-0.2, -0.15) is 0 Å². The van der Waals surface area contributed by atoms with E-state index in [1.54, 1.807) is 6.07 Å². The Labute approximate surface area is 124 Å². The molecule has 0 spiro atoms. The molecule has 0 aromatic heterocycles. The van der Waals surface area contributed by atoms with Gasteiger partial charge >= 0.3 is 0 Å². The lowest BCUT2D eigenvalue weighted by Crippen LogP contribution is -2.12. The minimum Gasteiger partial charge on any atom is -0.389 e. The average molecular weight is 339 g/mol. The topological polar surface area (TPSA) is 38.0 Å². The summed E-state index contributed by atoms with van der Waals surface area (Å²) in [6, 6.07) is 10.2. The van der Waals surface area contributed by atoms with Crippen LogP contribution in [0.15, 0.2) is 40.9 Å². The molecule has 2 aromatic carbocycles. The molecule has 0 fully saturated rings. The molecule has 0 atom stereocenters. The molecule has 5 heteroatoms. The number of nitrogens with one attached hydrogen (secondary N) is 1. The predicted octanol–water partition coefficient (Wildman–Crippen LogP) is 4.27. The van der Waals surface area contributed by atoms with Crippen molar-refractivity contribution < 1.29 is 4.39 Å². The largest absolute Gasteiger partial charge is 0.389 e. The van der Waals surface area contributed by atoms with Gasteiger partial charge in [0.15, 0.2) is 0 Å². The molecule has 2 rings (SSSR count). The number of anilines is 2. The molecule has 0 heterocycles. The van der Waals surface area contributed by atoms with Gasteiger partial charge in [-0.25, -0.2) is 4.39 Å². The molecular formula is C14H12BrFN2S. The van der Waals surface area contributed by atoms with E-state index < -0.39 is 0 Å². The zero-order chi connectivity index (χ0) is 14.0. The quantitative estimate of drug-likeness (QED) is 0.820. The molecule has 0 aliphatic carbocycles. The van der Waals surface area contributed by atoms with Crippen LogP contribution in [0.1, 0.15) is 11.1 Å². The van der Waals surface area contributed by atoms with Crippen molar-refractivity contribution in [3.63, 3.8) is 0 Å². The molecule has 0 saturated heterocycles. The van der Waals surface area contributed by atoms with Crippen molar-refractivity contribution in [1.29, 1.82) is 0 Å². The minimum atomic E-state index is -0.310. The van der Waals surface area contributed by atoms with Crippen LogP contribution >= 0.6 is 28.1 Å². The van der Waals surface area contributed by atoms with Crippen LogP contribution in [0.2, 0.25) is 0 Å². The lowest BCUT2D eigenvalue weighted by molar-refractivity contribution is 0.628. The molecule has 0 unspecified atom stereocenters. The summed E-state index contributed by atoms with van der Waals surface area (Å²) in [7, 11) is 0. The SMILES string of the molecule is Cc1ccc(C(N)=S)c(Nc2cc(F)ccc2Br)c1. The molecule has 0 amide bonds. The van der Waals surface area contributed by atoms with Crippen molar-refractivity contribution >= 4 is 44.5 Å². The standard InChI is InChI=1S/C14H12BrFN2S/c1-8-2-4-10(14(17)19)12(6-8)18-13-7-9(16)3-5-11(13)15/h2-7,18H,1H3,(H2,17,19). The maximum Gasteiger partial charge on any atom is 0.125 e. The van der Waals surface area contributed by atoms with E-state index in [1.807, 2.05) is 25.1 Å². The molecule has 0 radical (unpaired) electrons. The number of nitrogens with two attached hydrogens (primary N) is 1. The average Bonchev–Trinajstić information content (AvgIpc) is 2.33. The molecular weight excluding hydrogens is 327 g/mol. The van der Waals surface area contributed by atoms with Crippen LogP contribution in [0.25, 0.3) is 0 Å². The molecule has 0 aliphatic heterocycles. The van der Waals surface area contributed by atoms with E-state index in [2.05, 4.69) is 21.2 Å². The highest BCUT2D eigenvalue weighted by Crippen LogP contribution is 2.28. The number of rotatable bonds is 3. The molecule has 19 heavy (non-hydrogen) atoms. The van der Waals surface area contributed by atoms with Crippen molar-refractivity contribution in [2.45, 2.75) is 6.92 Å². The zero-order valence-corrected chi connectivity index (χ0v) is 12.6. The van der Waals surface area contributed by atoms with E-state index in [0.29, 0.717) is 10.7 Å². The lowest BCUT2D eigenvalue weighted by atomic mass is 10.1. The van der Waals surface area contributed by atoms with Gasteiger partial charge in [0.1, 0.15) is 10.8 Å². The van der Waals surface area contributed by atoms with Gasteiger partial charge in [0.2, 0.25) is 0 Å². The van der Waals surface area contributed by atoms with E-state index >= 15 is 0 Å². The number of benzene rings is 2. The second-order valence-corrected chi connectivity index (χ2v) is 5.46. The third-order valence-electron chi connectivity index (χ3n) is 2.64. The Bertz CT molecular complexity index is 643. The Morgan fingerprint density at radius 1 is 1.21 bits per heavy atom. The van der Waals surface area contributed by atoms with Gasteiger partial charge in [-0.05, 0) is 58.7 Å². The highest BCUT2D eigenvalue weighted by atomic mass is 79.9. The monoisotopic (exact) mass is 338 g/mol. The first-order valence-electron chi connectivity index (χ1n) is 5.60. The van der Waals surface area contributed by atoms with Crippen LogP contribution in [-0.2, 0) is 0 Å². The highest BCUT2D eigenvalue weighted by Gasteiger charge is 2.08. The normalized spacial score (nSPS) is 10.3. The fourth-order valence-corrected chi connectivity index (χ4v) is 2.24. The summed E-state index contributed by atoms with van der Waals surface area (Å²) in [6.07, 6.45) is 0. The molecule has 3 N–H and O–H groups in total. The Balaban J connectivity index is 2.45. The summed E-state index contributed by atoms with van der Waals surface area (Å²) in [6.45, 7) is 1.97.